The fourth-order valence-corrected chi connectivity index (χ4v) is 8.38. The second-order valence-electron chi connectivity index (χ2n) is 14.7. The van der Waals surface area contributed by atoms with Crippen molar-refractivity contribution in [1.82, 2.24) is 19.9 Å². The first kappa shape index (κ1) is 26.6. The van der Waals surface area contributed by atoms with Crippen LogP contribution < -0.4 is 0 Å². The molecule has 0 saturated heterocycles. The van der Waals surface area contributed by atoms with Crippen LogP contribution in [0.2, 0.25) is 0 Å². The van der Waals surface area contributed by atoms with Crippen LogP contribution in [-0.4, -0.2) is 26.2 Å². The summed E-state index contributed by atoms with van der Waals surface area (Å²) in [7, 11) is 0. The van der Waals surface area contributed by atoms with E-state index in [9.17, 15) is 0 Å². The fraction of sp³-hybridized carbons (Fsp3) is 0.275. The lowest BCUT2D eigenvalue weighted by atomic mass is 9.75. The first-order valence-electron chi connectivity index (χ1n) is 15.9. The molecule has 4 aromatic heterocycles. The number of rotatable bonds is 2. The van der Waals surface area contributed by atoms with Crippen LogP contribution in [0.4, 0.5) is 0 Å². The van der Waals surface area contributed by atoms with Crippen molar-refractivity contribution in [3.8, 4) is 33.8 Å². The van der Waals surface area contributed by atoms with E-state index in [1.165, 1.54) is 33.4 Å². The smallest absolute Gasteiger partial charge is 0.0993 e. The lowest BCUT2D eigenvalue weighted by Crippen LogP contribution is -2.26. The van der Waals surface area contributed by atoms with Gasteiger partial charge in [0.1, 0.15) is 0 Å². The molecule has 5 aromatic rings. The van der Waals surface area contributed by atoms with Crippen LogP contribution in [0.5, 0.6) is 0 Å². The lowest BCUT2D eigenvalue weighted by Gasteiger charge is -2.30. The third kappa shape index (κ3) is 3.47. The zero-order valence-electron chi connectivity index (χ0n) is 26.6. The summed E-state index contributed by atoms with van der Waals surface area (Å²) in [5.74, 6) is 0.187. The molecule has 0 amide bonds. The Hall–Kier alpha value is -4.77. The predicted molar refractivity (Wildman–Crippen MR) is 180 cm³/mol. The molecule has 5 heteroatoms. The van der Waals surface area contributed by atoms with Crippen LogP contribution >= 0.6 is 0 Å². The first-order chi connectivity index (χ1) is 21.6. The maximum absolute atomic E-state index is 5.25. The molecule has 2 unspecified atom stereocenters. The molecule has 0 bridgehead atoms. The molecule has 220 valence electrons. The number of aromatic nitrogens is 4. The molecule has 4 aliphatic rings. The van der Waals surface area contributed by atoms with Crippen molar-refractivity contribution in [3.05, 3.63) is 125 Å². The molecule has 2 atom stereocenters. The molecule has 9 rings (SSSR count). The first-order valence-corrected chi connectivity index (χ1v) is 15.9. The van der Waals surface area contributed by atoms with E-state index in [1.54, 1.807) is 0 Å². The Morgan fingerprint density at radius 2 is 1.31 bits per heavy atom. The van der Waals surface area contributed by atoms with Gasteiger partial charge < -0.3 is 0 Å². The summed E-state index contributed by atoms with van der Waals surface area (Å²) >= 11 is 0. The highest BCUT2D eigenvalue weighted by Gasteiger charge is 2.48. The van der Waals surface area contributed by atoms with Gasteiger partial charge in [0.05, 0.1) is 34.5 Å². The molecular weight excluding hydrogens is 550 g/mol. The van der Waals surface area contributed by atoms with Crippen LogP contribution in [0.15, 0.2) is 90.3 Å². The van der Waals surface area contributed by atoms with E-state index in [0.717, 1.165) is 45.2 Å². The van der Waals surface area contributed by atoms with E-state index in [-0.39, 0.29) is 28.2 Å². The van der Waals surface area contributed by atoms with Gasteiger partial charge in [0.15, 0.2) is 0 Å². The van der Waals surface area contributed by atoms with Gasteiger partial charge in [0, 0.05) is 69.2 Å². The quantitative estimate of drug-likeness (QED) is 0.208. The Morgan fingerprint density at radius 1 is 0.622 bits per heavy atom. The number of hydrogen-bond acceptors (Lipinski definition) is 5. The Morgan fingerprint density at radius 3 is 2.16 bits per heavy atom. The van der Waals surface area contributed by atoms with E-state index < -0.39 is 0 Å². The van der Waals surface area contributed by atoms with E-state index in [2.05, 4.69) is 107 Å². The normalized spacial score (nSPS) is 21.7. The van der Waals surface area contributed by atoms with Crippen LogP contribution in [0.25, 0.3) is 39.3 Å². The Kier molecular flexibility index (Phi) is 5.14. The maximum atomic E-state index is 5.25. The number of allylic oxidation sites excluding steroid dienone is 1. The van der Waals surface area contributed by atoms with E-state index in [1.807, 2.05) is 30.9 Å². The number of benzene rings is 1. The monoisotopic (exact) mass is 585 g/mol. The van der Waals surface area contributed by atoms with Crippen molar-refractivity contribution in [1.29, 1.82) is 0 Å². The molecule has 5 heterocycles. The fourth-order valence-electron chi connectivity index (χ4n) is 8.38. The molecule has 0 N–H and O–H groups in total. The molecular formula is C40H35N5. The van der Waals surface area contributed by atoms with E-state index in [0.29, 0.717) is 0 Å². The summed E-state index contributed by atoms with van der Waals surface area (Å²) in [6, 6.07) is 21.9. The molecule has 45 heavy (non-hydrogen) atoms. The van der Waals surface area contributed by atoms with Gasteiger partial charge in [-0.25, -0.2) is 4.98 Å². The third-order valence-electron chi connectivity index (χ3n) is 11.1. The molecule has 3 aliphatic carbocycles. The molecule has 1 aliphatic heterocycles. The van der Waals surface area contributed by atoms with Gasteiger partial charge in [-0.05, 0) is 52.1 Å². The number of hydrogen-bond donors (Lipinski definition) is 0. The van der Waals surface area contributed by atoms with Gasteiger partial charge in [-0.1, -0.05) is 84.0 Å². The van der Waals surface area contributed by atoms with E-state index in [4.69, 9.17) is 19.9 Å². The molecule has 5 nitrogen and oxygen atoms in total. The van der Waals surface area contributed by atoms with Gasteiger partial charge in [0.25, 0.3) is 0 Å². The van der Waals surface area contributed by atoms with Crippen LogP contribution in [-0.2, 0) is 16.2 Å². The van der Waals surface area contributed by atoms with Crippen molar-refractivity contribution in [2.24, 2.45) is 10.9 Å². The van der Waals surface area contributed by atoms with Gasteiger partial charge in [0.2, 0.25) is 0 Å². The second kappa shape index (κ2) is 8.69. The zero-order valence-corrected chi connectivity index (χ0v) is 26.6. The molecule has 0 saturated carbocycles. The zero-order chi connectivity index (χ0) is 30.9. The summed E-state index contributed by atoms with van der Waals surface area (Å²) < 4.78 is 0. The Balaban J connectivity index is 1.08. The minimum absolute atomic E-state index is 0.000427. The molecule has 0 radical (unpaired) electrons. The van der Waals surface area contributed by atoms with Crippen molar-refractivity contribution in [2.45, 2.75) is 63.8 Å². The highest BCUT2D eigenvalue weighted by molar-refractivity contribution is 6.10. The Labute approximate surface area is 264 Å². The number of pyridine rings is 4. The van der Waals surface area contributed by atoms with Crippen molar-refractivity contribution in [3.63, 3.8) is 0 Å². The van der Waals surface area contributed by atoms with Crippen molar-refractivity contribution < 1.29 is 0 Å². The molecule has 0 spiro atoms. The Bertz CT molecular complexity index is 2170. The standard InChI is InChI=1S/C40H35N5/c1-38(2)26-11-8-7-10-25(26)33-28(38)13-14-32(45-33)24-18-31-37(44-21-24)36-30(40(31,5)6)17-23(20-43-36)22-16-29-35(42-19-22)34-27(39(29,3)4)12-9-15-41-34/h7-21,31,37H,1-6H3. The number of nitrogens with zero attached hydrogens (tertiary/aromatic N) is 5. The minimum Gasteiger partial charge on any atom is -0.282 e. The summed E-state index contributed by atoms with van der Waals surface area (Å²) in [4.78, 5) is 25.1. The number of aliphatic imine (C=N–C) groups is 1. The van der Waals surface area contributed by atoms with Gasteiger partial charge in [-0.3, -0.25) is 19.9 Å². The summed E-state index contributed by atoms with van der Waals surface area (Å²) in [5, 5.41) is 0. The second-order valence-corrected chi connectivity index (χ2v) is 14.7. The average molecular weight is 586 g/mol. The summed E-state index contributed by atoms with van der Waals surface area (Å²) in [6.45, 7) is 13.8. The van der Waals surface area contributed by atoms with Gasteiger partial charge >= 0.3 is 0 Å². The highest BCUT2D eigenvalue weighted by atomic mass is 14.9. The van der Waals surface area contributed by atoms with Crippen LogP contribution in [0.1, 0.15) is 86.8 Å². The number of dihydropyridines is 1. The topological polar surface area (TPSA) is 63.9 Å². The van der Waals surface area contributed by atoms with E-state index >= 15 is 0 Å². The van der Waals surface area contributed by atoms with Crippen molar-refractivity contribution in [2.75, 3.05) is 0 Å². The largest absolute Gasteiger partial charge is 0.282 e. The predicted octanol–water partition coefficient (Wildman–Crippen LogP) is 8.66. The maximum Gasteiger partial charge on any atom is 0.0993 e. The minimum atomic E-state index is -0.153. The third-order valence-corrected chi connectivity index (χ3v) is 11.1. The highest BCUT2D eigenvalue weighted by Crippen LogP contribution is 2.54. The SMILES string of the molecule is CC1(C)c2ccccc2-c2nc(C3=CC4C(N=C3)c3ncc(-c5cnc6c(c5)C(C)(C)c5cccnc5-6)cc3C4(C)C)ccc21. The summed E-state index contributed by atoms with van der Waals surface area (Å²) in [5.41, 5.74) is 15.6. The van der Waals surface area contributed by atoms with Gasteiger partial charge in [-0.2, -0.15) is 0 Å². The molecule has 0 fully saturated rings. The van der Waals surface area contributed by atoms with Gasteiger partial charge in [-0.15, -0.1) is 0 Å². The summed E-state index contributed by atoms with van der Waals surface area (Å²) in [6.07, 6.45) is 10.2. The van der Waals surface area contributed by atoms with Crippen LogP contribution in [0.3, 0.4) is 0 Å². The molecule has 1 aromatic carbocycles. The van der Waals surface area contributed by atoms with Crippen molar-refractivity contribution >= 4 is 11.8 Å². The average Bonchev–Trinajstić information content (AvgIpc) is 3.53. The van der Waals surface area contributed by atoms with Crippen LogP contribution in [0, 0.1) is 5.92 Å². The number of fused-ring (bicyclic) bond motifs is 9. The lowest BCUT2D eigenvalue weighted by molar-refractivity contribution is 0.373.